The second-order valence-corrected chi connectivity index (χ2v) is 6.23. The minimum absolute atomic E-state index is 0.00733. The maximum Gasteiger partial charge on any atom is 0.266 e. The summed E-state index contributed by atoms with van der Waals surface area (Å²) in [6.07, 6.45) is 1.32. The summed E-state index contributed by atoms with van der Waals surface area (Å²) in [5, 5.41) is 11.6. The molecule has 128 valence electrons. The van der Waals surface area contributed by atoms with Crippen molar-refractivity contribution in [2.24, 2.45) is 0 Å². The molecule has 0 saturated heterocycles. The minimum Gasteiger partial charge on any atom is -0.457 e. The van der Waals surface area contributed by atoms with Gasteiger partial charge in [-0.2, -0.15) is 5.26 Å². The number of nitriles is 1. The molecule has 3 rings (SSSR count). The Kier molecular flexibility index (Phi) is 5.30. The molecule has 26 heavy (non-hydrogen) atoms. The average molecular weight is 411 g/mol. The van der Waals surface area contributed by atoms with Crippen molar-refractivity contribution in [3.05, 3.63) is 82.3 Å². The maximum atomic E-state index is 13.6. The van der Waals surface area contributed by atoms with Crippen LogP contribution in [0.3, 0.4) is 0 Å². The van der Waals surface area contributed by atoms with Gasteiger partial charge in [0.2, 0.25) is 0 Å². The van der Waals surface area contributed by atoms with Crippen molar-refractivity contribution in [1.29, 1.82) is 5.26 Å². The Balaban J connectivity index is 1.82. The molecule has 0 spiro atoms. The fourth-order valence-electron chi connectivity index (χ4n) is 2.27. The molecule has 1 N–H and O–H groups in total. The van der Waals surface area contributed by atoms with Crippen LogP contribution in [0.15, 0.2) is 75.1 Å². The van der Waals surface area contributed by atoms with Crippen LogP contribution in [0.25, 0.3) is 17.4 Å². The van der Waals surface area contributed by atoms with Crippen LogP contribution in [0.4, 0.5) is 10.1 Å². The van der Waals surface area contributed by atoms with Gasteiger partial charge in [0.1, 0.15) is 29.0 Å². The molecule has 1 aromatic heterocycles. The van der Waals surface area contributed by atoms with Gasteiger partial charge in [-0.3, -0.25) is 4.79 Å². The van der Waals surface area contributed by atoms with Crippen molar-refractivity contribution < 1.29 is 13.6 Å². The first kappa shape index (κ1) is 17.6. The molecule has 1 amide bonds. The molecule has 0 aliphatic carbocycles. The van der Waals surface area contributed by atoms with E-state index in [0.29, 0.717) is 11.5 Å². The van der Waals surface area contributed by atoms with Crippen LogP contribution in [0, 0.1) is 17.1 Å². The number of nitrogens with one attached hydrogen (secondary N) is 1. The summed E-state index contributed by atoms with van der Waals surface area (Å²) in [5.74, 6) is -0.337. The lowest BCUT2D eigenvalue weighted by Crippen LogP contribution is -2.14. The van der Waals surface area contributed by atoms with E-state index in [0.717, 1.165) is 10.0 Å². The third-order valence-electron chi connectivity index (χ3n) is 3.51. The number of furan rings is 1. The van der Waals surface area contributed by atoms with Gasteiger partial charge in [-0.25, -0.2) is 4.39 Å². The molecule has 2 aromatic carbocycles. The van der Waals surface area contributed by atoms with Crippen LogP contribution >= 0.6 is 15.9 Å². The van der Waals surface area contributed by atoms with Crippen molar-refractivity contribution >= 4 is 33.6 Å². The van der Waals surface area contributed by atoms with Gasteiger partial charge in [0.05, 0.1) is 5.69 Å². The summed E-state index contributed by atoms with van der Waals surface area (Å²) in [4.78, 5) is 12.2. The van der Waals surface area contributed by atoms with Crippen LogP contribution in [0.5, 0.6) is 0 Å². The highest BCUT2D eigenvalue weighted by Crippen LogP contribution is 2.26. The average Bonchev–Trinajstić information content (AvgIpc) is 3.10. The number of carbonyl (C=O) groups is 1. The predicted octanol–water partition coefficient (Wildman–Crippen LogP) is 5.39. The Hall–Kier alpha value is -3.17. The Bertz CT molecular complexity index is 1030. The van der Waals surface area contributed by atoms with E-state index in [9.17, 15) is 14.4 Å². The molecule has 6 heteroatoms. The van der Waals surface area contributed by atoms with E-state index in [1.165, 1.54) is 24.3 Å². The number of benzene rings is 2. The number of amides is 1. The lowest BCUT2D eigenvalue weighted by atomic mass is 10.2. The van der Waals surface area contributed by atoms with Crippen LogP contribution in [-0.4, -0.2) is 5.91 Å². The molecule has 0 fully saturated rings. The fourth-order valence-corrected chi connectivity index (χ4v) is 2.67. The van der Waals surface area contributed by atoms with E-state index in [2.05, 4.69) is 21.2 Å². The molecule has 0 radical (unpaired) electrons. The van der Waals surface area contributed by atoms with Crippen molar-refractivity contribution in [3.8, 4) is 17.4 Å². The summed E-state index contributed by atoms with van der Waals surface area (Å²) in [7, 11) is 0. The second-order valence-electron chi connectivity index (χ2n) is 5.32. The van der Waals surface area contributed by atoms with Gasteiger partial charge >= 0.3 is 0 Å². The zero-order valence-corrected chi connectivity index (χ0v) is 15.0. The Morgan fingerprint density at radius 2 is 1.96 bits per heavy atom. The molecule has 0 atom stereocenters. The standard InChI is InChI=1S/C20H12BrFN2O2/c21-15-5-3-4-13(10-15)19-9-8-16(26-19)11-14(12-23)20(25)24-18-7-2-1-6-17(18)22/h1-11H,(H,24,25)/b14-11-. The normalized spacial score (nSPS) is 11.0. The Morgan fingerprint density at radius 3 is 2.69 bits per heavy atom. The van der Waals surface area contributed by atoms with E-state index in [1.54, 1.807) is 18.2 Å². The number of para-hydroxylation sites is 1. The quantitative estimate of drug-likeness (QED) is 0.462. The molecule has 0 aliphatic rings. The monoisotopic (exact) mass is 410 g/mol. The molecule has 0 bridgehead atoms. The number of anilines is 1. The number of nitrogens with zero attached hydrogens (tertiary/aromatic N) is 1. The predicted molar refractivity (Wildman–Crippen MR) is 100 cm³/mol. The lowest BCUT2D eigenvalue weighted by molar-refractivity contribution is -0.112. The van der Waals surface area contributed by atoms with Crippen LogP contribution in [0.1, 0.15) is 5.76 Å². The maximum absolute atomic E-state index is 13.6. The first-order valence-electron chi connectivity index (χ1n) is 7.60. The van der Waals surface area contributed by atoms with Gasteiger partial charge < -0.3 is 9.73 Å². The smallest absolute Gasteiger partial charge is 0.266 e. The molecular weight excluding hydrogens is 399 g/mol. The topological polar surface area (TPSA) is 66.0 Å². The van der Waals surface area contributed by atoms with E-state index in [4.69, 9.17) is 4.42 Å². The van der Waals surface area contributed by atoms with Crippen LogP contribution < -0.4 is 5.32 Å². The summed E-state index contributed by atoms with van der Waals surface area (Å²) < 4.78 is 20.2. The molecule has 0 saturated carbocycles. The molecule has 0 unspecified atom stereocenters. The van der Waals surface area contributed by atoms with Crippen molar-refractivity contribution in [1.82, 2.24) is 0 Å². The van der Waals surface area contributed by atoms with Crippen molar-refractivity contribution in [3.63, 3.8) is 0 Å². The van der Waals surface area contributed by atoms with Gasteiger partial charge in [-0.05, 0) is 36.4 Å². The Morgan fingerprint density at radius 1 is 1.15 bits per heavy atom. The van der Waals surface area contributed by atoms with Crippen LogP contribution in [-0.2, 0) is 4.79 Å². The lowest BCUT2D eigenvalue weighted by Gasteiger charge is -2.04. The molecule has 3 aromatic rings. The SMILES string of the molecule is N#C/C(=C/c1ccc(-c2cccc(Br)c2)o1)C(=O)Nc1ccccc1F. The number of rotatable bonds is 4. The third-order valence-corrected chi connectivity index (χ3v) is 4.00. The molecule has 0 aliphatic heterocycles. The number of halogens is 2. The van der Waals surface area contributed by atoms with E-state index < -0.39 is 11.7 Å². The third kappa shape index (κ3) is 4.08. The first-order valence-corrected chi connectivity index (χ1v) is 8.39. The van der Waals surface area contributed by atoms with Gasteiger partial charge in [0, 0.05) is 16.1 Å². The first-order chi connectivity index (χ1) is 12.6. The Labute approximate surface area is 157 Å². The van der Waals surface area contributed by atoms with Crippen molar-refractivity contribution in [2.45, 2.75) is 0 Å². The highest BCUT2D eigenvalue weighted by Gasteiger charge is 2.13. The second kappa shape index (κ2) is 7.81. The zero-order valence-electron chi connectivity index (χ0n) is 13.4. The molecular formula is C20H12BrFN2O2. The van der Waals surface area contributed by atoms with Gasteiger partial charge in [0.25, 0.3) is 5.91 Å². The summed E-state index contributed by atoms with van der Waals surface area (Å²) in [5.41, 5.74) is 0.671. The summed E-state index contributed by atoms with van der Waals surface area (Å²) >= 11 is 3.39. The highest BCUT2D eigenvalue weighted by atomic mass is 79.9. The van der Waals surface area contributed by atoms with Gasteiger partial charge in [-0.1, -0.05) is 40.2 Å². The summed E-state index contributed by atoms with van der Waals surface area (Å²) in [6, 6.07) is 18.5. The van der Waals surface area contributed by atoms with Crippen molar-refractivity contribution in [2.75, 3.05) is 5.32 Å². The van der Waals surface area contributed by atoms with E-state index in [-0.39, 0.29) is 11.3 Å². The summed E-state index contributed by atoms with van der Waals surface area (Å²) in [6.45, 7) is 0. The fraction of sp³-hybridized carbons (Fsp3) is 0. The van der Waals surface area contributed by atoms with E-state index >= 15 is 0 Å². The van der Waals surface area contributed by atoms with E-state index in [1.807, 2.05) is 30.3 Å². The zero-order chi connectivity index (χ0) is 18.5. The number of hydrogen-bond acceptors (Lipinski definition) is 3. The molecule has 1 heterocycles. The molecule has 4 nitrogen and oxygen atoms in total. The largest absolute Gasteiger partial charge is 0.457 e. The van der Waals surface area contributed by atoms with Gasteiger partial charge in [-0.15, -0.1) is 0 Å². The van der Waals surface area contributed by atoms with Crippen LogP contribution in [0.2, 0.25) is 0 Å². The van der Waals surface area contributed by atoms with Gasteiger partial charge in [0.15, 0.2) is 0 Å². The number of carbonyl (C=O) groups excluding carboxylic acids is 1. The number of hydrogen-bond donors (Lipinski definition) is 1. The minimum atomic E-state index is -0.710. The highest BCUT2D eigenvalue weighted by molar-refractivity contribution is 9.10.